The zero-order valence-corrected chi connectivity index (χ0v) is 20.0. The quantitative estimate of drug-likeness (QED) is 0.338. The van der Waals surface area contributed by atoms with Gasteiger partial charge < -0.3 is 15.8 Å². The molecule has 9 nitrogen and oxygen atoms in total. The van der Waals surface area contributed by atoms with Gasteiger partial charge in [-0.05, 0) is 42.0 Å². The van der Waals surface area contributed by atoms with Gasteiger partial charge in [0.05, 0.1) is 18.4 Å². The van der Waals surface area contributed by atoms with Gasteiger partial charge in [0.15, 0.2) is 5.82 Å². The van der Waals surface area contributed by atoms with E-state index in [1.54, 1.807) is 66.9 Å². The number of methoxy groups -OCH3 is 1. The summed E-state index contributed by atoms with van der Waals surface area (Å²) < 4.78 is 6.85. The molecule has 0 aliphatic carbocycles. The molecule has 2 aromatic carbocycles. The Morgan fingerprint density at radius 2 is 1.86 bits per heavy atom. The summed E-state index contributed by atoms with van der Waals surface area (Å²) in [7, 11) is 1.53. The Hall–Kier alpha value is -4.50. The number of carbonyl (C=O) groups excluding carboxylic acids is 3. The summed E-state index contributed by atoms with van der Waals surface area (Å²) in [6.45, 7) is 0. The molecule has 182 valence electrons. The van der Waals surface area contributed by atoms with Gasteiger partial charge in [-0.25, -0.2) is 9.67 Å². The molecule has 0 bridgehead atoms. The molecule has 1 unspecified atom stereocenters. The number of hydrogen-bond acceptors (Lipinski definition) is 6. The highest BCUT2D eigenvalue weighted by Crippen LogP contribution is 2.31. The van der Waals surface area contributed by atoms with Crippen LogP contribution in [0.2, 0.25) is 5.02 Å². The molecule has 0 fully saturated rings. The van der Waals surface area contributed by atoms with Crippen molar-refractivity contribution in [1.82, 2.24) is 20.1 Å². The second kappa shape index (κ2) is 10.8. The van der Waals surface area contributed by atoms with E-state index in [0.29, 0.717) is 22.0 Å². The van der Waals surface area contributed by atoms with E-state index in [-0.39, 0.29) is 17.8 Å². The van der Waals surface area contributed by atoms with Crippen LogP contribution in [0.15, 0.2) is 79.1 Å². The fourth-order valence-corrected chi connectivity index (χ4v) is 3.85. The van der Waals surface area contributed by atoms with Gasteiger partial charge in [0.1, 0.15) is 11.8 Å². The molecule has 2 aromatic heterocycles. The molecule has 2 heterocycles. The summed E-state index contributed by atoms with van der Waals surface area (Å²) in [5.74, 6) is -1.85. The Morgan fingerprint density at radius 1 is 1.08 bits per heavy atom. The fraction of sp³-hybridized carbons (Fsp3) is 0.115. The smallest absolute Gasteiger partial charge is 0.287 e. The molecule has 0 saturated heterocycles. The minimum absolute atomic E-state index is 0.103. The summed E-state index contributed by atoms with van der Waals surface area (Å²) in [6.07, 6.45) is 3.27. The van der Waals surface area contributed by atoms with Gasteiger partial charge in [-0.1, -0.05) is 41.9 Å². The summed E-state index contributed by atoms with van der Waals surface area (Å²) in [5, 5.41) is 7.71. The lowest BCUT2D eigenvalue weighted by atomic mass is 10.0. The van der Waals surface area contributed by atoms with Gasteiger partial charge in [-0.2, -0.15) is 5.10 Å². The zero-order chi connectivity index (χ0) is 25.7. The molecule has 1 atom stereocenters. The molecule has 3 N–H and O–H groups in total. The largest absolute Gasteiger partial charge is 0.496 e. The normalized spacial score (nSPS) is 11.5. The van der Waals surface area contributed by atoms with E-state index in [1.807, 2.05) is 6.07 Å². The number of primary amides is 1. The Morgan fingerprint density at radius 3 is 2.58 bits per heavy atom. The first-order valence-corrected chi connectivity index (χ1v) is 11.3. The number of amides is 2. The number of nitrogens with one attached hydrogen (secondary N) is 1. The van der Waals surface area contributed by atoms with Gasteiger partial charge in [0.2, 0.25) is 5.78 Å². The molecule has 4 aromatic rings. The summed E-state index contributed by atoms with van der Waals surface area (Å²) in [4.78, 5) is 41.7. The minimum atomic E-state index is -1.14. The van der Waals surface area contributed by atoms with Crippen LogP contribution in [-0.2, 0) is 16.0 Å². The number of nitrogens with zero attached hydrogens (tertiary/aromatic N) is 3. The summed E-state index contributed by atoms with van der Waals surface area (Å²) >= 11 is 6.06. The van der Waals surface area contributed by atoms with E-state index in [9.17, 15) is 14.4 Å². The number of pyridine rings is 1. The van der Waals surface area contributed by atoms with Gasteiger partial charge in [-0.3, -0.25) is 14.4 Å². The van der Waals surface area contributed by atoms with Crippen LogP contribution in [0.5, 0.6) is 5.75 Å². The number of ketones is 1. The third kappa shape index (κ3) is 5.42. The molecule has 4 rings (SSSR count). The summed E-state index contributed by atoms with van der Waals surface area (Å²) in [6, 6.07) is 17.9. The molecule has 0 aliphatic heterocycles. The van der Waals surface area contributed by atoms with Crippen LogP contribution in [0.3, 0.4) is 0 Å². The van der Waals surface area contributed by atoms with Crippen LogP contribution in [0.4, 0.5) is 0 Å². The highest BCUT2D eigenvalue weighted by Gasteiger charge is 2.27. The van der Waals surface area contributed by atoms with Gasteiger partial charge in [-0.15, -0.1) is 0 Å². The predicted octanol–water partition coefficient (Wildman–Crippen LogP) is 2.99. The van der Waals surface area contributed by atoms with Crippen molar-refractivity contribution in [1.29, 1.82) is 0 Å². The predicted molar refractivity (Wildman–Crippen MR) is 134 cm³/mol. The second-order valence-corrected chi connectivity index (χ2v) is 8.25. The average molecular weight is 504 g/mol. The molecule has 10 heteroatoms. The second-order valence-electron chi connectivity index (χ2n) is 7.81. The standard InChI is InChI=1S/C26H22ClN5O4/c1-36-22-15-17(27)9-10-18(22)20-11-13-32(31-20)25-19(8-5-12-29-25)26(35)30-21(23(33)24(28)34)14-16-6-3-2-4-7-16/h2-13,15,21H,14H2,1H3,(H2,28,34)(H,30,35). The molecule has 36 heavy (non-hydrogen) atoms. The first-order valence-electron chi connectivity index (χ1n) is 10.9. The monoisotopic (exact) mass is 503 g/mol. The minimum Gasteiger partial charge on any atom is -0.496 e. The Balaban J connectivity index is 1.63. The third-order valence-corrected chi connectivity index (χ3v) is 5.66. The molecule has 0 radical (unpaired) electrons. The lowest BCUT2D eigenvalue weighted by Crippen LogP contribution is -2.47. The van der Waals surface area contributed by atoms with E-state index in [4.69, 9.17) is 22.1 Å². The lowest BCUT2D eigenvalue weighted by molar-refractivity contribution is -0.137. The average Bonchev–Trinajstić information content (AvgIpc) is 3.38. The Bertz CT molecular complexity index is 1420. The number of benzene rings is 2. The van der Waals surface area contributed by atoms with Crippen molar-refractivity contribution >= 4 is 29.2 Å². The maximum Gasteiger partial charge on any atom is 0.287 e. The topological polar surface area (TPSA) is 129 Å². The Labute approximate surface area is 211 Å². The van der Waals surface area contributed by atoms with Crippen molar-refractivity contribution in [3.63, 3.8) is 0 Å². The van der Waals surface area contributed by atoms with E-state index in [1.165, 1.54) is 18.0 Å². The maximum absolute atomic E-state index is 13.2. The highest BCUT2D eigenvalue weighted by molar-refractivity contribution is 6.38. The van der Waals surface area contributed by atoms with Crippen LogP contribution < -0.4 is 15.8 Å². The molecule has 2 amide bonds. The molecular formula is C26H22ClN5O4. The first-order chi connectivity index (χ1) is 17.4. The highest BCUT2D eigenvalue weighted by atomic mass is 35.5. The van der Waals surface area contributed by atoms with Crippen LogP contribution in [0, 0.1) is 0 Å². The van der Waals surface area contributed by atoms with Crippen LogP contribution in [-0.4, -0.2) is 45.5 Å². The SMILES string of the molecule is COc1cc(Cl)ccc1-c1ccn(-c2ncccc2C(=O)NC(Cc2ccccc2)C(=O)C(N)=O)n1. The number of Topliss-reactive ketones (excluding diaryl/α,β-unsaturated/α-hetero) is 1. The number of nitrogens with two attached hydrogens (primary N) is 1. The zero-order valence-electron chi connectivity index (χ0n) is 19.2. The lowest BCUT2D eigenvalue weighted by Gasteiger charge is -2.17. The van der Waals surface area contributed by atoms with E-state index < -0.39 is 23.6 Å². The van der Waals surface area contributed by atoms with Gasteiger partial charge >= 0.3 is 0 Å². The van der Waals surface area contributed by atoms with Crippen molar-refractivity contribution in [2.45, 2.75) is 12.5 Å². The third-order valence-electron chi connectivity index (χ3n) is 5.42. The van der Waals surface area contributed by atoms with Gasteiger partial charge in [0, 0.05) is 29.4 Å². The molecule has 0 aliphatic rings. The van der Waals surface area contributed by atoms with Crippen molar-refractivity contribution in [3.05, 3.63) is 95.3 Å². The van der Waals surface area contributed by atoms with Crippen molar-refractivity contribution in [3.8, 4) is 22.8 Å². The van der Waals surface area contributed by atoms with Crippen LogP contribution >= 0.6 is 11.6 Å². The van der Waals surface area contributed by atoms with E-state index >= 15 is 0 Å². The van der Waals surface area contributed by atoms with Crippen LogP contribution in [0.1, 0.15) is 15.9 Å². The van der Waals surface area contributed by atoms with Crippen molar-refractivity contribution in [2.75, 3.05) is 7.11 Å². The van der Waals surface area contributed by atoms with Crippen molar-refractivity contribution in [2.24, 2.45) is 5.73 Å². The molecule has 0 spiro atoms. The number of carbonyl (C=O) groups is 3. The van der Waals surface area contributed by atoms with E-state index in [0.717, 1.165) is 5.56 Å². The number of ether oxygens (including phenoxy) is 1. The Kier molecular flexibility index (Phi) is 7.41. The molecule has 0 saturated carbocycles. The number of rotatable bonds is 9. The van der Waals surface area contributed by atoms with Crippen LogP contribution in [0.25, 0.3) is 17.1 Å². The number of aromatic nitrogens is 3. The van der Waals surface area contributed by atoms with Crippen molar-refractivity contribution < 1.29 is 19.1 Å². The molecular weight excluding hydrogens is 482 g/mol. The first kappa shape index (κ1) is 24.6. The number of hydrogen-bond donors (Lipinski definition) is 2. The maximum atomic E-state index is 13.2. The van der Waals surface area contributed by atoms with Gasteiger partial charge in [0.25, 0.3) is 11.8 Å². The fourth-order valence-electron chi connectivity index (χ4n) is 3.69. The summed E-state index contributed by atoms with van der Waals surface area (Å²) in [5.41, 5.74) is 7.43. The number of halogens is 1. The van der Waals surface area contributed by atoms with E-state index in [2.05, 4.69) is 15.4 Å².